The highest BCUT2D eigenvalue weighted by Crippen LogP contribution is 2.31. The van der Waals surface area contributed by atoms with Gasteiger partial charge in [0.1, 0.15) is 6.54 Å². The number of carbonyl (C=O) groups is 2. The summed E-state index contributed by atoms with van der Waals surface area (Å²) in [6.45, 7) is 0.133. The molecule has 1 heterocycles. The van der Waals surface area contributed by atoms with Crippen LogP contribution in [-0.4, -0.2) is 32.3 Å². The Morgan fingerprint density at radius 1 is 1.32 bits per heavy atom. The van der Waals surface area contributed by atoms with Gasteiger partial charge < -0.3 is 10.4 Å². The van der Waals surface area contributed by atoms with E-state index < -0.39 is 11.5 Å². The van der Waals surface area contributed by atoms with Gasteiger partial charge in [0.2, 0.25) is 5.91 Å². The van der Waals surface area contributed by atoms with E-state index in [4.69, 9.17) is 5.11 Å². The predicted molar refractivity (Wildman–Crippen MR) is 68.4 cm³/mol. The van der Waals surface area contributed by atoms with Crippen LogP contribution in [0.15, 0.2) is 18.5 Å². The Labute approximate surface area is 111 Å². The number of amides is 1. The Morgan fingerprint density at radius 2 is 2.05 bits per heavy atom. The van der Waals surface area contributed by atoms with E-state index in [1.54, 1.807) is 18.5 Å². The van der Waals surface area contributed by atoms with Gasteiger partial charge in [-0.2, -0.15) is 5.10 Å². The third-order valence-electron chi connectivity index (χ3n) is 3.57. The van der Waals surface area contributed by atoms with E-state index in [1.165, 1.54) is 4.68 Å². The number of hydrogen-bond acceptors (Lipinski definition) is 3. The number of rotatable bonds is 5. The van der Waals surface area contributed by atoms with E-state index in [0.717, 1.165) is 32.1 Å². The van der Waals surface area contributed by atoms with Gasteiger partial charge >= 0.3 is 5.97 Å². The fourth-order valence-electron chi connectivity index (χ4n) is 2.74. The zero-order valence-electron chi connectivity index (χ0n) is 10.8. The maximum atomic E-state index is 12.0. The third kappa shape index (κ3) is 3.81. The van der Waals surface area contributed by atoms with Crippen molar-refractivity contribution in [1.82, 2.24) is 15.1 Å². The van der Waals surface area contributed by atoms with Crippen LogP contribution in [0.5, 0.6) is 0 Å². The molecule has 2 rings (SSSR count). The van der Waals surface area contributed by atoms with E-state index in [1.807, 2.05) is 0 Å². The molecule has 19 heavy (non-hydrogen) atoms. The first-order chi connectivity index (χ1) is 9.10. The first kappa shape index (κ1) is 13.6. The molecule has 104 valence electrons. The topological polar surface area (TPSA) is 84.2 Å². The van der Waals surface area contributed by atoms with Crippen molar-refractivity contribution in [3.63, 3.8) is 0 Å². The van der Waals surface area contributed by atoms with Gasteiger partial charge in [-0.3, -0.25) is 14.3 Å². The van der Waals surface area contributed by atoms with E-state index in [9.17, 15) is 9.59 Å². The van der Waals surface area contributed by atoms with Gasteiger partial charge in [-0.1, -0.05) is 19.3 Å². The standard InChI is InChI=1S/C13H19N3O3/c17-11(10-16-8-4-7-14-16)15-13(9-12(18)19)5-2-1-3-6-13/h4,7-8H,1-3,5-6,9-10H2,(H,15,17)(H,18,19). The summed E-state index contributed by atoms with van der Waals surface area (Å²) in [7, 11) is 0. The zero-order valence-corrected chi connectivity index (χ0v) is 10.8. The van der Waals surface area contributed by atoms with Gasteiger partial charge in [-0.25, -0.2) is 0 Å². The molecular weight excluding hydrogens is 246 g/mol. The number of hydrogen-bond donors (Lipinski definition) is 2. The molecule has 2 N–H and O–H groups in total. The first-order valence-electron chi connectivity index (χ1n) is 6.60. The lowest BCUT2D eigenvalue weighted by atomic mass is 9.79. The molecule has 1 aliphatic rings. The average Bonchev–Trinajstić information content (AvgIpc) is 2.81. The highest BCUT2D eigenvalue weighted by molar-refractivity contribution is 5.78. The van der Waals surface area contributed by atoms with Crippen LogP contribution >= 0.6 is 0 Å². The van der Waals surface area contributed by atoms with Crippen LogP contribution in [0.1, 0.15) is 38.5 Å². The predicted octanol–water partition coefficient (Wildman–Crippen LogP) is 1.18. The summed E-state index contributed by atoms with van der Waals surface area (Å²) >= 11 is 0. The van der Waals surface area contributed by atoms with Crippen molar-refractivity contribution < 1.29 is 14.7 Å². The maximum Gasteiger partial charge on any atom is 0.305 e. The Balaban J connectivity index is 1.98. The van der Waals surface area contributed by atoms with Crippen LogP contribution in [0.4, 0.5) is 0 Å². The molecule has 0 radical (unpaired) electrons. The minimum atomic E-state index is -0.860. The lowest BCUT2D eigenvalue weighted by Crippen LogP contribution is -2.52. The first-order valence-corrected chi connectivity index (χ1v) is 6.60. The van der Waals surface area contributed by atoms with E-state index in [-0.39, 0.29) is 18.9 Å². The number of aliphatic carboxylic acids is 1. The molecule has 1 saturated carbocycles. The molecule has 0 spiro atoms. The summed E-state index contributed by atoms with van der Waals surface area (Å²) < 4.78 is 1.53. The van der Waals surface area contributed by atoms with Crippen molar-refractivity contribution in [2.75, 3.05) is 0 Å². The average molecular weight is 265 g/mol. The number of aromatic nitrogens is 2. The van der Waals surface area contributed by atoms with Crippen LogP contribution in [0.3, 0.4) is 0 Å². The molecular formula is C13H19N3O3. The van der Waals surface area contributed by atoms with E-state index in [0.29, 0.717) is 0 Å². The summed E-state index contributed by atoms with van der Waals surface area (Å²) in [5, 5.41) is 15.9. The molecule has 1 aromatic heterocycles. The molecule has 0 aliphatic heterocycles. The number of carboxylic acid groups (broad SMARTS) is 1. The van der Waals surface area contributed by atoms with Gasteiger partial charge in [-0.15, -0.1) is 0 Å². The molecule has 0 bridgehead atoms. The van der Waals surface area contributed by atoms with Crippen molar-refractivity contribution >= 4 is 11.9 Å². The SMILES string of the molecule is O=C(O)CC1(NC(=O)Cn2cccn2)CCCCC1. The van der Waals surface area contributed by atoms with Crippen LogP contribution < -0.4 is 5.32 Å². The second-order valence-corrected chi connectivity index (χ2v) is 5.16. The molecule has 0 aromatic carbocycles. The van der Waals surface area contributed by atoms with E-state index >= 15 is 0 Å². The van der Waals surface area contributed by atoms with Gasteiger partial charge in [-0.05, 0) is 18.9 Å². The van der Waals surface area contributed by atoms with E-state index in [2.05, 4.69) is 10.4 Å². The lowest BCUT2D eigenvalue weighted by Gasteiger charge is -2.37. The van der Waals surface area contributed by atoms with Crippen molar-refractivity contribution in [2.24, 2.45) is 0 Å². The normalized spacial score (nSPS) is 17.9. The highest BCUT2D eigenvalue weighted by Gasteiger charge is 2.35. The largest absolute Gasteiger partial charge is 0.481 e. The van der Waals surface area contributed by atoms with Crippen molar-refractivity contribution in [3.05, 3.63) is 18.5 Å². The lowest BCUT2D eigenvalue weighted by molar-refractivity contribution is -0.139. The monoisotopic (exact) mass is 265 g/mol. The Kier molecular flexibility index (Phi) is 4.19. The minimum Gasteiger partial charge on any atom is -0.481 e. The molecule has 1 amide bonds. The van der Waals surface area contributed by atoms with Crippen molar-refractivity contribution in [2.45, 2.75) is 50.6 Å². The molecule has 0 saturated heterocycles. The molecule has 1 fully saturated rings. The minimum absolute atomic E-state index is 0.00214. The van der Waals surface area contributed by atoms with Gasteiger partial charge in [0.05, 0.1) is 12.0 Å². The number of carboxylic acids is 1. The van der Waals surface area contributed by atoms with Gasteiger partial charge in [0.15, 0.2) is 0 Å². The summed E-state index contributed by atoms with van der Waals surface area (Å²) in [5.41, 5.74) is -0.575. The van der Waals surface area contributed by atoms with Crippen molar-refractivity contribution in [3.8, 4) is 0 Å². The Hall–Kier alpha value is -1.85. The Bertz CT molecular complexity index is 436. The van der Waals surface area contributed by atoms with Gasteiger partial charge in [0, 0.05) is 12.4 Å². The fraction of sp³-hybridized carbons (Fsp3) is 0.615. The molecule has 0 atom stereocenters. The van der Waals surface area contributed by atoms with Crippen LogP contribution in [0, 0.1) is 0 Å². The smallest absolute Gasteiger partial charge is 0.305 e. The molecule has 6 nitrogen and oxygen atoms in total. The number of carbonyl (C=O) groups excluding carboxylic acids is 1. The second-order valence-electron chi connectivity index (χ2n) is 5.16. The summed E-state index contributed by atoms with van der Waals surface area (Å²) in [5.74, 6) is -1.03. The third-order valence-corrected chi connectivity index (χ3v) is 3.57. The molecule has 1 aromatic rings. The van der Waals surface area contributed by atoms with Crippen LogP contribution in [0.2, 0.25) is 0 Å². The fourth-order valence-corrected chi connectivity index (χ4v) is 2.74. The van der Waals surface area contributed by atoms with Gasteiger partial charge in [0.25, 0.3) is 0 Å². The molecule has 0 unspecified atom stereocenters. The van der Waals surface area contributed by atoms with Crippen LogP contribution in [-0.2, 0) is 16.1 Å². The summed E-state index contributed by atoms with van der Waals surface area (Å²) in [4.78, 5) is 23.0. The van der Waals surface area contributed by atoms with Crippen LogP contribution in [0.25, 0.3) is 0 Å². The quantitative estimate of drug-likeness (QED) is 0.837. The summed E-state index contributed by atoms with van der Waals surface area (Å²) in [6, 6.07) is 1.75. The second kappa shape index (κ2) is 5.86. The Morgan fingerprint density at radius 3 is 2.63 bits per heavy atom. The molecule has 1 aliphatic carbocycles. The summed E-state index contributed by atoms with van der Waals surface area (Å²) in [6.07, 6.45) is 7.85. The molecule has 6 heteroatoms. The van der Waals surface area contributed by atoms with Crippen molar-refractivity contribution in [1.29, 1.82) is 0 Å². The number of nitrogens with zero attached hydrogens (tertiary/aromatic N) is 2. The maximum absolute atomic E-state index is 12.0. The zero-order chi connectivity index (χ0) is 13.7. The number of nitrogens with one attached hydrogen (secondary N) is 1. The highest BCUT2D eigenvalue weighted by atomic mass is 16.4.